The summed E-state index contributed by atoms with van der Waals surface area (Å²) in [7, 11) is 2.19. The third kappa shape index (κ3) is 4.77. The molecule has 100 valence electrons. The van der Waals surface area contributed by atoms with Gasteiger partial charge in [0.25, 0.3) is 0 Å². The highest BCUT2D eigenvalue weighted by Gasteiger charge is 2.12. The van der Waals surface area contributed by atoms with Gasteiger partial charge in [0.05, 0.1) is 6.61 Å². The summed E-state index contributed by atoms with van der Waals surface area (Å²) in [6.07, 6.45) is 1.14. The molecule has 0 aromatic heterocycles. The average Bonchev–Trinajstić information content (AvgIpc) is 2.42. The summed E-state index contributed by atoms with van der Waals surface area (Å²) >= 11 is 0. The number of nitrogens with zero attached hydrogens (tertiary/aromatic N) is 2. The first-order valence-electron chi connectivity index (χ1n) is 6.87. The highest BCUT2D eigenvalue weighted by Crippen LogP contribution is 2.03. The van der Waals surface area contributed by atoms with E-state index >= 15 is 0 Å². The molecule has 0 amide bonds. The van der Waals surface area contributed by atoms with E-state index in [4.69, 9.17) is 4.74 Å². The number of likely N-dealkylation sites (N-methyl/N-ethyl adjacent to an activating group) is 1. The van der Waals surface area contributed by atoms with Gasteiger partial charge in [-0.2, -0.15) is 0 Å². The zero-order valence-electron chi connectivity index (χ0n) is 11.3. The number of hydrogen-bond acceptors (Lipinski definition) is 3. The predicted octanol–water partition coefficient (Wildman–Crippen LogP) is 1.84. The minimum absolute atomic E-state index is 0.740. The van der Waals surface area contributed by atoms with Crippen molar-refractivity contribution in [3.8, 4) is 0 Å². The molecule has 1 heterocycles. The Morgan fingerprint density at radius 3 is 2.50 bits per heavy atom. The Morgan fingerprint density at radius 2 is 1.78 bits per heavy atom. The van der Waals surface area contributed by atoms with Crippen molar-refractivity contribution in [2.75, 3.05) is 46.4 Å². The van der Waals surface area contributed by atoms with Crippen molar-refractivity contribution >= 4 is 0 Å². The average molecular weight is 248 g/mol. The number of piperazine rings is 1. The Hall–Kier alpha value is -0.900. The van der Waals surface area contributed by atoms with Crippen LogP contribution >= 0.6 is 0 Å². The summed E-state index contributed by atoms with van der Waals surface area (Å²) in [5.41, 5.74) is 1.26. The zero-order chi connectivity index (χ0) is 12.6. The first-order valence-corrected chi connectivity index (χ1v) is 6.87. The van der Waals surface area contributed by atoms with Crippen LogP contribution < -0.4 is 0 Å². The summed E-state index contributed by atoms with van der Waals surface area (Å²) in [4.78, 5) is 4.92. The predicted molar refractivity (Wildman–Crippen MR) is 74.7 cm³/mol. The first kappa shape index (κ1) is 13.5. The Balaban J connectivity index is 1.51. The van der Waals surface area contributed by atoms with Gasteiger partial charge in [-0.1, -0.05) is 30.3 Å². The van der Waals surface area contributed by atoms with Crippen LogP contribution in [-0.2, 0) is 11.3 Å². The van der Waals surface area contributed by atoms with Gasteiger partial charge < -0.3 is 14.5 Å². The number of benzene rings is 1. The van der Waals surface area contributed by atoms with E-state index in [0.29, 0.717) is 0 Å². The van der Waals surface area contributed by atoms with E-state index in [0.717, 1.165) is 19.6 Å². The minimum Gasteiger partial charge on any atom is -0.377 e. The van der Waals surface area contributed by atoms with E-state index in [1.807, 2.05) is 6.07 Å². The van der Waals surface area contributed by atoms with E-state index in [2.05, 4.69) is 41.1 Å². The quantitative estimate of drug-likeness (QED) is 0.715. The summed E-state index contributed by atoms with van der Waals surface area (Å²) in [5, 5.41) is 0. The maximum absolute atomic E-state index is 5.69. The molecule has 1 aromatic carbocycles. The molecule has 1 saturated heterocycles. The standard InChI is InChI=1S/C15H24N2O/c1-16-9-11-17(12-10-16)8-5-13-18-14-15-6-3-2-4-7-15/h2-4,6-7H,5,8-14H2,1H3. The SMILES string of the molecule is CN1CCN(CCCOCc2ccccc2)CC1. The van der Waals surface area contributed by atoms with E-state index in [-0.39, 0.29) is 0 Å². The van der Waals surface area contributed by atoms with Crippen molar-refractivity contribution in [3.63, 3.8) is 0 Å². The second-order valence-corrected chi connectivity index (χ2v) is 5.04. The van der Waals surface area contributed by atoms with Gasteiger partial charge in [0, 0.05) is 39.3 Å². The summed E-state index contributed by atoms with van der Waals surface area (Å²) in [6.45, 7) is 7.58. The molecule has 1 aliphatic rings. The molecule has 1 aromatic rings. The lowest BCUT2D eigenvalue weighted by atomic mass is 10.2. The van der Waals surface area contributed by atoms with Gasteiger partial charge in [-0.15, -0.1) is 0 Å². The molecule has 3 heteroatoms. The fourth-order valence-electron chi connectivity index (χ4n) is 2.23. The molecule has 0 atom stereocenters. The van der Waals surface area contributed by atoms with Crippen molar-refractivity contribution in [2.24, 2.45) is 0 Å². The van der Waals surface area contributed by atoms with Crippen LogP contribution in [0, 0.1) is 0 Å². The fourth-order valence-corrected chi connectivity index (χ4v) is 2.23. The molecule has 1 fully saturated rings. The first-order chi connectivity index (χ1) is 8.84. The number of hydrogen-bond donors (Lipinski definition) is 0. The van der Waals surface area contributed by atoms with Gasteiger partial charge in [-0.3, -0.25) is 0 Å². The van der Waals surface area contributed by atoms with Gasteiger partial charge in [0.15, 0.2) is 0 Å². The third-order valence-corrected chi connectivity index (χ3v) is 3.47. The molecule has 1 aliphatic heterocycles. The normalized spacial score (nSPS) is 18.1. The maximum atomic E-state index is 5.69. The summed E-state index contributed by atoms with van der Waals surface area (Å²) in [6, 6.07) is 10.4. The third-order valence-electron chi connectivity index (χ3n) is 3.47. The second-order valence-electron chi connectivity index (χ2n) is 5.04. The molecular formula is C15H24N2O. The molecule has 0 spiro atoms. The van der Waals surface area contributed by atoms with Crippen molar-refractivity contribution in [1.82, 2.24) is 9.80 Å². The highest BCUT2D eigenvalue weighted by molar-refractivity contribution is 5.13. The largest absolute Gasteiger partial charge is 0.377 e. The van der Waals surface area contributed by atoms with Crippen LogP contribution in [0.5, 0.6) is 0 Å². The van der Waals surface area contributed by atoms with Crippen molar-refractivity contribution < 1.29 is 4.74 Å². The van der Waals surface area contributed by atoms with Crippen molar-refractivity contribution in [3.05, 3.63) is 35.9 Å². The minimum atomic E-state index is 0.740. The van der Waals surface area contributed by atoms with Crippen LogP contribution in [0.2, 0.25) is 0 Å². The van der Waals surface area contributed by atoms with Crippen LogP contribution in [0.3, 0.4) is 0 Å². The van der Waals surface area contributed by atoms with E-state index in [1.54, 1.807) is 0 Å². The zero-order valence-corrected chi connectivity index (χ0v) is 11.3. The molecule has 0 unspecified atom stereocenters. The smallest absolute Gasteiger partial charge is 0.0716 e. The van der Waals surface area contributed by atoms with Gasteiger partial charge in [0.2, 0.25) is 0 Å². The van der Waals surface area contributed by atoms with Crippen molar-refractivity contribution in [1.29, 1.82) is 0 Å². The Morgan fingerprint density at radius 1 is 1.06 bits per heavy atom. The monoisotopic (exact) mass is 248 g/mol. The van der Waals surface area contributed by atoms with Crippen LogP contribution in [0.4, 0.5) is 0 Å². The molecule has 0 radical (unpaired) electrons. The Labute approximate surface area is 110 Å². The fraction of sp³-hybridized carbons (Fsp3) is 0.600. The molecule has 2 rings (SSSR count). The van der Waals surface area contributed by atoms with Gasteiger partial charge >= 0.3 is 0 Å². The molecule has 0 aliphatic carbocycles. The molecular weight excluding hydrogens is 224 g/mol. The van der Waals surface area contributed by atoms with Gasteiger partial charge in [-0.25, -0.2) is 0 Å². The molecule has 0 N–H and O–H groups in total. The highest BCUT2D eigenvalue weighted by atomic mass is 16.5. The van der Waals surface area contributed by atoms with E-state index < -0.39 is 0 Å². The molecule has 18 heavy (non-hydrogen) atoms. The van der Waals surface area contributed by atoms with Gasteiger partial charge in [-0.05, 0) is 19.0 Å². The van der Waals surface area contributed by atoms with Crippen LogP contribution in [0.25, 0.3) is 0 Å². The second kappa shape index (κ2) is 7.52. The summed E-state index contributed by atoms with van der Waals surface area (Å²) < 4.78 is 5.69. The van der Waals surface area contributed by atoms with E-state index in [9.17, 15) is 0 Å². The van der Waals surface area contributed by atoms with Crippen LogP contribution in [0.1, 0.15) is 12.0 Å². The van der Waals surface area contributed by atoms with E-state index in [1.165, 1.54) is 38.3 Å². The summed E-state index contributed by atoms with van der Waals surface area (Å²) in [5.74, 6) is 0. The lowest BCUT2D eigenvalue weighted by Crippen LogP contribution is -2.44. The molecule has 0 saturated carbocycles. The maximum Gasteiger partial charge on any atom is 0.0716 e. The lowest BCUT2D eigenvalue weighted by molar-refractivity contribution is 0.0969. The molecule has 0 bridgehead atoms. The number of rotatable bonds is 6. The topological polar surface area (TPSA) is 15.7 Å². The Kier molecular flexibility index (Phi) is 5.65. The van der Waals surface area contributed by atoms with Crippen LogP contribution in [-0.4, -0.2) is 56.2 Å². The number of ether oxygens (including phenoxy) is 1. The van der Waals surface area contributed by atoms with Crippen LogP contribution in [0.15, 0.2) is 30.3 Å². The Bertz CT molecular complexity index is 321. The van der Waals surface area contributed by atoms with Crippen molar-refractivity contribution in [2.45, 2.75) is 13.0 Å². The lowest BCUT2D eigenvalue weighted by Gasteiger charge is -2.32. The molecule has 3 nitrogen and oxygen atoms in total. The van der Waals surface area contributed by atoms with Gasteiger partial charge in [0.1, 0.15) is 0 Å².